The smallest absolute Gasteiger partial charge is 0.322 e. The molecule has 4 amide bonds. The number of nitrogens with zero attached hydrogens (tertiary/aromatic N) is 1. The van der Waals surface area contributed by atoms with Gasteiger partial charge in [0.2, 0.25) is 0 Å². The minimum Gasteiger partial charge on any atom is -0.351 e. The zero-order valence-corrected chi connectivity index (χ0v) is 18.7. The highest BCUT2D eigenvalue weighted by molar-refractivity contribution is 6.07. The number of hydrogen-bond donors (Lipinski definition) is 3. The molecule has 1 spiro atoms. The number of rotatable bonds is 5. The van der Waals surface area contributed by atoms with E-state index in [1.807, 2.05) is 18.2 Å². The maximum Gasteiger partial charge on any atom is 0.322 e. The summed E-state index contributed by atoms with van der Waals surface area (Å²) in [6.45, 7) is 3.59. The van der Waals surface area contributed by atoms with Gasteiger partial charge in [0.15, 0.2) is 0 Å². The van der Waals surface area contributed by atoms with Crippen molar-refractivity contribution in [1.82, 2.24) is 20.9 Å². The van der Waals surface area contributed by atoms with Gasteiger partial charge in [-0.15, -0.1) is 0 Å². The van der Waals surface area contributed by atoms with E-state index in [9.17, 15) is 14.4 Å². The van der Waals surface area contributed by atoms with E-state index in [2.05, 4.69) is 51.2 Å². The molecular formula is C26H30N4O3. The van der Waals surface area contributed by atoms with Crippen molar-refractivity contribution in [2.75, 3.05) is 26.2 Å². The molecule has 2 saturated heterocycles. The zero-order valence-electron chi connectivity index (χ0n) is 18.7. The Labute approximate surface area is 193 Å². The first-order valence-corrected chi connectivity index (χ1v) is 11.8. The summed E-state index contributed by atoms with van der Waals surface area (Å²) in [5.74, 6) is 0.312. The second-order valence-electron chi connectivity index (χ2n) is 9.43. The minimum atomic E-state index is -0.845. The number of fused-ring (bicyclic) bond motifs is 1. The average molecular weight is 447 g/mol. The lowest BCUT2D eigenvalue weighted by Crippen LogP contribution is -2.51. The van der Waals surface area contributed by atoms with Crippen LogP contribution in [0.2, 0.25) is 0 Å². The normalized spacial score (nSPS) is 23.2. The van der Waals surface area contributed by atoms with Gasteiger partial charge in [0.1, 0.15) is 5.54 Å². The Bertz CT molecular complexity index is 1060. The highest BCUT2D eigenvalue weighted by Gasteiger charge is 2.47. The van der Waals surface area contributed by atoms with Crippen molar-refractivity contribution in [2.24, 2.45) is 0 Å². The molecule has 2 aromatic carbocycles. The highest BCUT2D eigenvalue weighted by atomic mass is 16.2. The zero-order chi connectivity index (χ0) is 22.8. The Hall–Kier alpha value is -3.19. The number of amides is 4. The topological polar surface area (TPSA) is 90.5 Å². The highest BCUT2D eigenvalue weighted by Crippen LogP contribution is 2.31. The first kappa shape index (κ1) is 21.6. The van der Waals surface area contributed by atoms with Crippen molar-refractivity contribution in [2.45, 2.75) is 43.6 Å². The predicted octanol–water partition coefficient (Wildman–Crippen LogP) is 2.36. The van der Waals surface area contributed by atoms with E-state index in [4.69, 9.17) is 0 Å². The molecule has 7 heteroatoms. The SMILES string of the molecule is O=C1NC(=O)C2(CCc3cc(C(=O)NCCN4CCC(c5ccccc5)CC4)ccc3C2)N1. The molecule has 33 heavy (non-hydrogen) atoms. The number of piperidine rings is 1. The number of nitrogens with one attached hydrogen (secondary N) is 3. The third-order valence-corrected chi connectivity index (χ3v) is 7.37. The molecule has 7 nitrogen and oxygen atoms in total. The summed E-state index contributed by atoms with van der Waals surface area (Å²) in [6.07, 6.45) is 3.97. The molecular weight excluding hydrogens is 416 g/mol. The molecule has 2 aromatic rings. The third-order valence-electron chi connectivity index (χ3n) is 7.37. The van der Waals surface area contributed by atoms with Gasteiger partial charge in [-0.05, 0) is 73.5 Å². The third kappa shape index (κ3) is 4.50. The van der Waals surface area contributed by atoms with Crippen LogP contribution in [0.15, 0.2) is 48.5 Å². The fourth-order valence-electron chi connectivity index (χ4n) is 5.41. The largest absolute Gasteiger partial charge is 0.351 e. The molecule has 172 valence electrons. The summed E-state index contributed by atoms with van der Waals surface area (Å²) in [5, 5.41) is 8.18. The molecule has 0 radical (unpaired) electrons. The van der Waals surface area contributed by atoms with Crippen molar-refractivity contribution in [1.29, 1.82) is 0 Å². The van der Waals surface area contributed by atoms with Crippen LogP contribution < -0.4 is 16.0 Å². The Kier molecular flexibility index (Phi) is 5.89. The molecule has 0 aromatic heterocycles. The van der Waals surface area contributed by atoms with Crippen LogP contribution in [0.1, 0.15) is 52.2 Å². The lowest BCUT2D eigenvalue weighted by Gasteiger charge is -2.32. The maximum absolute atomic E-state index is 12.7. The number of carbonyl (C=O) groups is 3. The summed E-state index contributed by atoms with van der Waals surface area (Å²) in [7, 11) is 0. The number of benzene rings is 2. The molecule has 1 atom stereocenters. The Balaban J connectivity index is 1.11. The molecule has 5 rings (SSSR count). The van der Waals surface area contributed by atoms with E-state index in [0.717, 1.165) is 43.6 Å². The first-order valence-electron chi connectivity index (χ1n) is 11.8. The van der Waals surface area contributed by atoms with Crippen molar-refractivity contribution < 1.29 is 14.4 Å². The van der Waals surface area contributed by atoms with Gasteiger partial charge in [-0.3, -0.25) is 14.9 Å². The Morgan fingerprint density at radius 1 is 1.06 bits per heavy atom. The van der Waals surface area contributed by atoms with Crippen LogP contribution in [0.3, 0.4) is 0 Å². The summed E-state index contributed by atoms with van der Waals surface area (Å²) < 4.78 is 0. The van der Waals surface area contributed by atoms with Gasteiger partial charge in [0.25, 0.3) is 11.8 Å². The molecule has 3 aliphatic rings. The number of imide groups is 1. The van der Waals surface area contributed by atoms with Crippen molar-refractivity contribution in [3.63, 3.8) is 0 Å². The minimum absolute atomic E-state index is 0.0656. The molecule has 2 heterocycles. The second-order valence-corrected chi connectivity index (χ2v) is 9.43. The number of urea groups is 1. The maximum atomic E-state index is 12.7. The van der Waals surface area contributed by atoms with Gasteiger partial charge in [-0.2, -0.15) is 0 Å². The summed E-state index contributed by atoms with van der Waals surface area (Å²) >= 11 is 0. The van der Waals surface area contributed by atoms with E-state index >= 15 is 0 Å². The molecule has 1 unspecified atom stereocenters. The number of hydrogen-bond acceptors (Lipinski definition) is 4. The van der Waals surface area contributed by atoms with Gasteiger partial charge in [0.05, 0.1) is 0 Å². The molecule has 0 saturated carbocycles. The van der Waals surface area contributed by atoms with Gasteiger partial charge in [0, 0.05) is 25.1 Å². The van der Waals surface area contributed by atoms with Crippen LogP contribution in [0.4, 0.5) is 4.79 Å². The van der Waals surface area contributed by atoms with E-state index in [0.29, 0.717) is 37.3 Å². The Morgan fingerprint density at radius 2 is 1.85 bits per heavy atom. The van der Waals surface area contributed by atoms with Crippen molar-refractivity contribution in [3.8, 4) is 0 Å². The van der Waals surface area contributed by atoms with Gasteiger partial charge in [-0.1, -0.05) is 36.4 Å². The summed E-state index contributed by atoms with van der Waals surface area (Å²) in [5.41, 5.74) is 3.32. The predicted molar refractivity (Wildman–Crippen MR) is 125 cm³/mol. The average Bonchev–Trinajstić information content (AvgIpc) is 3.11. The summed E-state index contributed by atoms with van der Waals surface area (Å²) in [6, 6.07) is 16.0. The lowest BCUT2D eigenvalue weighted by molar-refractivity contribution is -0.124. The summed E-state index contributed by atoms with van der Waals surface area (Å²) in [4.78, 5) is 38.9. The van der Waals surface area contributed by atoms with Gasteiger partial charge in [-0.25, -0.2) is 4.79 Å². The second kappa shape index (κ2) is 8.98. The van der Waals surface area contributed by atoms with E-state index in [1.165, 1.54) is 5.56 Å². The molecule has 3 N–H and O–H groups in total. The number of carbonyl (C=O) groups excluding carboxylic acids is 3. The molecule has 0 bridgehead atoms. The van der Waals surface area contributed by atoms with Crippen molar-refractivity contribution in [3.05, 3.63) is 70.8 Å². The van der Waals surface area contributed by atoms with Crippen LogP contribution in [-0.2, 0) is 17.6 Å². The van der Waals surface area contributed by atoms with Crippen LogP contribution in [0, 0.1) is 0 Å². The van der Waals surface area contributed by atoms with E-state index in [1.54, 1.807) is 0 Å². The monoisotopic (exact) mass is 446 g/mol. The standard InChI is InChI=1S/C26H30N4O3/c31-23(27-12-15-30-13-9-19(10-14-30)18-4-2-1-3-5-18)21-6-7-22-17-26(11-8-20(22)16-21)24(32)28-25(33)29-26/h1-7,16,19H,8-15,17H2,(H,27,31)(H2,28,29,32,33). The fourth-order valence-corrected chi connectivity index (χ4v) is 5.41. The molecule has 2 aliphatic heterocycles. The molecule has 2 fully saturated rings. The van der Waals surface area contributed by atoms with Gasteiger partial charge < -0.3 is 15.5 Å². The van der Waals surface area contributed by atoms with Gasteiger partial charge >= 0.3 is 6.03 Å². The van der Waals surface area contributed by atoms with Crippen LogP contribution in [-0.4, -0.2) is 54.5 Å². The van der Waals surface area contributed by atoms with E-state index < -0.39 is 11.6 Å². The Morgan fingerprint density at radius 3 is 2.58 bits per heavy atom. The lowest BCUT2D eigenvalue weighted by atomic mass is 9.77. The van der Waals surface area contributed by atoms with Crippen molar-refractivity contribution >= 4 is 17.8 Å². The van der Waals surface area contributed by atoms with Crippen LogP contribution in [0.25, 0.3) is 0 Å². The van der Waals surface area contributed by atoms with E-state index in [-0.39, 0.29) is 11.8 Å². The molecule has 1 aliphatic carbocycles. The quantitative estimate of drug-likeness (QED) is 0.615. The first-order chi connectivity index (χ1) is 16.0. The fraction of sp³-hybridized carbons (Fsp3) is 0.423. The number of aryl methyl sites for hydroxylation is 1. The van der Waals surface area contributed by atoms with Crippen LogP contribution >= 0.6 is 0 Å². The van der Waals surface area contributed by atoms with Crippen LogP contribution in [0.5, 0.6) is 0 Å². The number of likely N-dealkylation sites (tertiary alicyclic amines) is 1.